The van der Waals surface area contributed by atoms with Gasteiger partial charge in [0.05, 0.1) is 11.6 Å². The van der Waals surface area contributed by atoms with Crippen molar-refractivity contribution in [3.63, 3.8) is 0 Å². The fourth-order valence-corrected chi connectivity index (χ4v) is 2.55. The van der Waals surface area contributed by atoms with Crippen LogP contribution in [0, 0.1) is 0 Å². The van der Waals surface area contributed by atoms with E-state index in [0.717, 1.165) is 10.0 Å². The van der Waals surface area contributed by atoms with Gasteiger partial charge >= 0.3 is 5.97 Å². The van der Waals surface area contributed by atoms with E-state index in [4.69, 9.17) is 16.3 Å². The predicted octanol–water partition coefficient (Wildman–Crippen LogP) is 4.14. The molecule has 0 bridgehead atoms. The predicted molar refractivity (Wildman–Crippen MR) is 92.4 cm³/mol. The third kappa shape index (κ3) is 5.08. The highest BCUT2D eigenvalue weighted by Gasteiger charge is 2.14. The SMILES string of the molecule is C[C@@H](NC(=O)COC(=O)c1ccc(Br)cc1)c1ccccc1Cl. The van der Waals surface area contributed by atoms with Gasteiger partial charge in [0.15, 0.2) is 6.61 Å². The smallest absolute Gasteiger partial charge is 0.338 e. The average molecular weight is 397 g/mol. The summed E-state index contributed by atoms with van der Waals surface area (Å²) in [5, 5.41) is 3.32. The van der Waals surface area contributed by atoms with Crippen molar-refractivity contribution in [2.24, 2.45) is 0 Å². The Bertz CT molecular complexity index is 703. The number of benzene rings is 2. The summed E-state index contributed by atoms with van der Waals surface area (Å²) in [7, 11) is 0. The molecule has 2 aromatic carbocycles. The van der Waals surface area contributed by atoms with Gasteiger partial charge in [-0.15, -0.1) is 0 Å². The van der Waals surface area contributed by atoms with Crippen molar-refractivity contribution in [3.05, 3.63) is 69.2 Å². The first-order chi connectivity index (χ1) is 11.0. The lowest BCUT2D eigenvalue weighted by Gasteiger charge is -2.15. The minimum Gasteiger partial charge on any atom is -0.452 e. The molecule has 0 aliphatic carbocycles. The highest BCUT2D eigenvalue weighted by Crippen LogP contribution is 2.21. The van der Waals surface area contributed by atoms with E-state index in [1.807, 2.05) is 25.1 Å². The summed E-state index contributed by atoms with van der Waals surface area (Å²) in [6.07, 6.45) is 0. The molecule has 0 fully saturated rings. The molecular formula is C17H15BrClNO3. The van der Waals surface area contributed by atoms with Crippen molar-refractivity contribution in [3.8, 4) is 0 Å². The van der Waals surface area contributed by atoms with Crippen molar-refractivity contribution < 1.29 is 14.3 Å². The highest BCUT2D eigenvalue weighted by atomic mass is 79.9. The number of rotatable bonds is 5. The second kappa shape index (κ2) is 8.13. The Labute approximate surface area is 147 Å². The van der Waals surface area contributed by atoms with E-state index < -0.39 is 5.97 Å². The third-order valence-corrected chi connectivity index (χ3v) is 4.04. The average Bonchev–Trinajstić information content (AvgIpc) is 2.53. The Morgan fingerprint density at radius 3 is 2.48 bits per heavy atom. The van der Waals surface area contributed by atoms with Gasteiger partial charge in [-0.05, 0) is 42.8 Å². The van der Waals surface area contributed by atoms with Gasteiger partial charge in [0, 0.05) is 9.50 Å². The van der Waals surface area contributed by atoms with Gasteiger partial charge in [0.2, 0.25) is 0 Å². The van der Waals surface area contributed by atoms with E-state index in [-0.39, 0.29) is 18.6 Å². The molecule has 0 spiro atoms. The third-order valence-electron chi connectivity index (χ3n) is 3.16. The first-order valence-corrected chi connectivity index (χ1v) is 8.11. The number of halogens is 2. The quantitative estimate of drug-likeness (QED) is 0.773. The number of nitrogens with one attached hydrogen (secondary N) is 1. The lowest BCUT2D eigenvalue weighted by Crippen LogP contribution is -2.31. The van der Waals surface area contributed by atoms with Gasteiger partial charge in [-0.1, -0.05) is 45.7 Å². The molecule has 0 unspecified atom stereocenters. The van der Waals surface area contributed by atoms with Crippen LogP contribution in [0.3, 0.4) is 0 Å². The maximum atomic E-state index is 11.9. The lowest BCUT2D eigenvalue weighted by molar-refractivity contribution is -0.124. The molecule has 0 aliphatic heterocycles. The molecule has 0 aromatic heterocycles. The van der Waals surface area contributed by atoms with Crippen LogP contribution in [0.15, 0.2) is 53.0 Å². The van der Waals surface area contributed by atoms with E-state index in [1.165, 1.54) is 0 Å². The van der Waals surface area contributed by atoms with E-state index in [1.54, 1.807) is 30.3 Å². The van der Waals surface area contributed by atoms with Crippen LogP contribution in [-0.2, 0) is 9.53 Å². The maximum absolute atomic E-state index is 11.9. The van der Waals surface area contributed by atoms with Crippen molar-refractivity contribution in [1.82, 2.24) is 5.32 Å². The molecule has 6 heteroatoms. The summed E-state index contributed by atoms with van der Waals surface area (Å²) >= 11 is 9.37. The molecule has 0 radical (unpaired) electrons. The summed E-state index contributed by atoms with van der Waals surface area (Å²) in [6, 6.07) is 13.7. The number of esters is 1. The van der Waals surface area contributed by atoms with E-state index in [2.05, 4.69) is 21.2 Å². The van der Waals surface area contributed by atoms with Crippen LogP contribution in [0.4, 0.5) is 0 Å². The zero-order valence-electron chi connectivity index (χ0n) is 12.4. The molecule has 120 valence electrons. The first-order valence-electron chi connectivity index (χ1n) is 6.94. The maximum Gasteiger partial charge on any atom is 0.338 e. The molecular weight excluding hydrogens is 382 g/mol. The number of amides is 1. The Morgan fingerprint density at radius 1 is 1.17 bits per heavy atom. The van der Waals surface area contributed by atoms with Crippen LogP contribution in [-0.4, -0.2) is 18.5 Å². The van der Waals surface area contributed by atoms with Gasteiger partial charge in [-0.2, -0.15) is 0 Å². The highest BCUT2D eigenvalue weighted by molar-refractivity contribution is 9.10. The normalized spacial score (nSPS) is 11.6. The molecule has 0 aliphatic rings. The minimum atomic E-state index is -0.543. The standard InChI is InChI=1S/C17H15BrClNO3/c1-11(14-4-2-3-5-15(14)19)20-16(21)10-23-17(22)12-6-8-13(18)9-7-12/h2-9,11H,10H2,1H3,(H,20,21)/t11-/m1/s1. The Hall–Kier alpha value is -1.85. The Balaban J connectivity index is 1.86. The molecule has 2 aromatic rings. The van der Waals surface area contributed by atoms with Gasteiger partial charge in [0.25, 0.3) is 5.91 Å². The summed E-state index contributed by atoms with van der Waals surface area (Å²) < 4.78 is 5.86. The van der Waals surface area contributed by atoms with Crippen LogP contribution in [0.1, 0.15) is 28.9 Å². The number of carbonyl (C=O) groups excluding carboxylic acids is 2. The Kier molecular flexibility index (Phi) is 6.19. The van der Waals surface area contributed by atoms with Crippen molar-refractivity contribution >= 4 is 39.4 Å². The van der Waals surface area contributed by atoms with Crippen LogP contribution in [0.5, 0.6) is 0 Å². The molecule has 2 rings (SSSR count). The van der Waals surface area contributed by atoms with Crippen LogP contribution in [0.25, 0.3) is 0 Å². The van der Waals surface area contributed by atoms with E-state index in [9.17, 15) is 9.59 Å². The molecule has 1 atom stereocenters. The number of hydrogen-bond acceptors (Lipinski definition) is 3. The van der Waals surface area contributed by atoms with Gasteiger partial charge in [-0.3, -0.25) is 4.79 Å². The fourth-order valence-electron chi connectivity index (χ4n) is 1.99. The van der Waals surface area contributed by atoms with E-state index in [0.29, 0.717) is 10.6 Å². The minimum absolute atomic E-state index is 0.275. The fraction of sp³-hybridized carbons (Fsp3) is 0.176. The summed E-state index contributed by atoms with van der Waals surface area (Å²) in [5.41, 5.74) is 1.20. The second-order valence-corrected chi connectivity index (χ2v) is 6.22. The topological polar surface area (TPSA) is 55.4 Å². The number of hydrogen-bond donors (Lipinski definition) is 1. The Morgan fingerprint density at radius 2 is 1.83 bits per heavy atom. The van der Waals surface area contributed by atoms with E-state index >= 15 is 0 Å². The summed E-state index contributed by atoms with van der Waals surface area (Å²) in [6.45, 7) is 1.47. The van der Waals surface area contributed by atoms with Gasteiger partial charge in [0.1, 0.15) is 0 Å². The summed E-state index contributed by atoms with van der Waals surface area (Å²) in [4.78, 5) is 23.7. The zero-order chi connectivity index (χ0) is 16.8. The van der Waals surface area contributed by atoms with Crippen molar-refractivity contribution in [1.29, 1.82) is 0 Å². The number of ether oxygens (including phenoxy) is 1. The summed E-state index contributed by atoms with van der Waals surface area (Å²) in [5.74, 6) is -0.930. The van der Waals surface area contributed by atoms with Crippen molar-refractivity contribution in [2.45, 2.75) is 13.0 Å². The first kappa shape index (κ1) is 17.5. The molecule has 0 saturated heterocycles. The molecule has 4 nitrogen and oxygen atoms in total. The van der Waals surface area contributed by atoms with Crippen LogP contribution >= 0.6 is 27.5 Å². The molecule has 1 N–H and O–H groups in total. The largest absolute Gasteiger partial charge is 0.452 e. The monoisotopic (exact) mass is 395 g/mol. The molecule has 0 heterocycles. The number of carbonyl (C=O) groups is 2. The zero-order valence-corrected chi connectivity index (χ0v) is 14.7. The van der Waals surface area contributed by atoms with Gasteiger partial charge in [-0.25, -0.2) is 4.79 Å². The lowest BCUT2D eigenvalue weighted by atomic mass is 10.1. The van der Waals surface area contributed by atoms with Crippen molar-refractivity contribution in [2.75, 3.05) is 6.61 Å². The molecule has 23 heavy (non-hydrogen) atoms. The second-order valence-electron chi connectivity index (χ2n) is 4.89. The van der Waals surface area contributed by atoms with Gasteiger partial charge < -0.3 is 10.1 Å². The molecule has 0 saturated carbocycles. The van der Waals surface area contributed by atoms with Crippen LogP contribution in [0.2, 0.25) is 5.02 Å². The van der Waals surface area contributed by atoms with Crippen LogP contribution < -0.4 is 5.32 Å². The molecule has 1 amide bonds.